The first kappa shape index (κ1) is 24.3. The van der Waals surface area contributed by atoms with Crippen LogP contribution in [-0.2, 0) is 9.59 Å². The molecule has 2 amide bonds. The standard InChI is InChI=1S/C20H38N4O2/c1-7-15-23(9-3,10-4)17-13-21-19(25)20(26)22-14-18-24(11-5,12-6)16-8-2/h7-8H,1-2,9-18H2,3-6H3/p+2. The molecule has 2 N–H and O–H groups in total. The van der Waals surface area contributed by atoms with Gasteiger partial charge in [0.2, 0.25) is 0 Å². The van der Waals surface area contributed by atoms with Gasteiger partial charge >= 0.3 is 11.8 Å². The molecule has 0 aliphatic carbocycles. The second-order valence-electron chi connectivity index (χ2n) is 6.85. The fourth-order valence-electron chi connectivity index (χ4n) is 3.30. The smallest absolute Gasteiger partial charge is 0.309 e. The van der Waals surface area contributed by atoms with Crippen molar-refractivity contribution in [2.45, 2.75) is 27.7 Å². The fraction of sp³-hybridized carbons (Fsp3) is 0.700. The van der Waals surface area contributed by atoms with E-state index in [-0.39, 0.29) is 0 Å². The summed E-state index contributed by atoms with van der Waals surface area (Å²) in [5.74, 6) is -1.10. The summed E-state index contributed by atoms with van der Waals surface area (Å²) in [7, 11) is 0. The second kappa shape index (κ2) is 12.7. The van der Waals surface area contributed by atoms with Crippen LogP contribution in [0.1, 0.15) is 27.7 Å². The molecular weight excluding hydrogens is 328 g/mol. The molecule has 6 heteroatoms. The van der Waals surface area contributed by atoms with E-state index in [1.54, 1.807) is 0 Å². The Kier molecular flexibility index (Phi) is 11.8. The first-order valence-corrected chi connectivity index (χ1v) is 9.86. The summed E-state index contributed by atoms with van der Waals surface area (Å²) in [4.78, 5) is 24.0. The first-order valence-electron chi connectivity index (χ1n) is 9.86. The van der Waals surface area contributed by atoms with E-state index in [2.05, 4.69) is 51.5 Å². The number of nitrogens with one attached hydrogen (secondary N) is 2. The zero-order chi connectivity index (χ0) is 20.1. The molecule has 0 aromatic heterocycles. The van der Waals surface area contributed by atoms with E-state index in [1.807, 2.05) is 12.2 Å². The zero-order valence-electron chi connectivity index (χ0n) is 17.4. The van der Waals surface area contributed by atoms with Crippen LogP contribution in [0.3, 0.4) is 0 Å². The maximum absolute atomic E-state index is 12.0. The molecule has 0 aliphatic heterocycles. The van der Waals surface area contributed by atoms with Crippen LogP contribution in [0.2, 0.25) is 0 Å². The summed E-state index contributed by atoms with van der Waals surface area (Å²) in [6, 6.07) is 0. The van der Waals surface area contributed by atoms with E-state index in [4.69, 9.17) is 0 Å². The zero-order valence-corrected chi connectivity index (χ0v) is 17.4. The highest BCUT2D eigenvalue weighted by atomic mass is 16.2. The monoisotopic (exact) mass is 368 g/mol. The maximum Gasteiger partial charge on any atom is 0.309 e. The molecular formula is C20H40N4O2+2. The topological polar surface area (TPSA) is 58.2 Å². The van der Waals surface area contributed by atoms with Gasteiger partial charge in [-0.1, -0.05) is 13.2 Å². The van der Waals surface area contributed by atoms with Crippen molar-refractivity contribution in [1.29, 1.82) is 0 Å². The Labute approximate surface area is 160 Å². The minimum Gasteiger partial charge on any atom is -0.342 e. The number of quaternary nitrogens is 2. The van der Waals surface area contributed by atoms with Crippen LogP contribution in [0.15, 0.2) is 25.3 Å². The number of hydrogen-bond acceptors (Lipinski definition) is 2. The van der Waals surface area contributed by atoms with Crippen LogP contribution in [-0.4, -0.2) is 86.2 Å². The van der Waals surface area contributed by atoms with Gasteiger partial charge in [-0.3, -0.25) is 9.59 Å². The van der Waals surface area contributed by atoms with Gasteiger partial charge in [0.05, 0.1) is 65.4 Å². The van der Waals surface area contributed by atoms with Gasteiger partial charge in [0, 0.05) is 0 Å². The van der Waals surface area contributed by atoms with Gasteiger partial charge in [0.15, 0.2) is 0 Å². The third-order valence-electron chi connectivity index (χ3n) is 5.67. The summed E-state index contributed by atoms with van der Waals surface area (Å²) in [5, 5.41) is 5.49. The van der Waals surface area contributed by atoms with Crippen molar-refractivity contribution in [1.82, 2.24) is 10.6 Å². The molecule has 0 atom stereocenters. The summed E-state index contributed by atoms with van der Waals surface area (Å²) in [6.07, 6.45) is 3.83. The van der Waals surface area contributed by atoms with Gasteiger partial charge < -0.3 is 19.6 Å². The molecule has 0 heterocycles. The maximum atomic E-state index is 12.0. The highest BCUT2D eigenvalue weighted by Gasteiger charge is 2.24. The van der Waals surface area contributed by atoms with E-state index in [0.717, 1.165) is 61.3 Å². The summed E-state index contributed by atoms with van der Waals surface area (Å²) in [6.45, 7) is 24.4. The van der Waals surface area contributed by atoms with E-state index >= 15 is 0 Å². The Bertz CT molecular complexity index is 413. The van der Waals surface area contributed by atoms with Crippen LogP contribution in [0.25, 0.3) is 0 Å². The number of likely N-dealkylation sites (N-methyl/N-ethyl adjacent to an activating group) is 2. The van der Waals surface area contributed by atoms with Crippen LogP contribution >= 0.6 is 0 Å². The highest BCUT2D eigenvalue weighted by molar-refractivity contribution is 6.35. The van der Waals surface area contributed by atoms with Gasteiger partial charge in [0.1, 0.15) is 0 Å². The lowest BCUT2D eigenvalue weighted by Crippen LogP contribution is -2.54. The van der Waals surface area contributed by atoms with E-state index in [1.165, 1.54) is 0 Å². The van der Waals surface area contributed by atoms with Crippen LogP contribution in [0.5, 0.6) is 0 Å². The molecule has 0 bridgehead atoms. The lowest BCUT2D eigenvalue weighted by atomic mass is 10.3. The SMILES string of the molecule is C=CC[N+](CC)(CC)CCNC(=O)C(=O)NCC[N+](CC)(CC)CC=C. The largest absolute Gasteiger partial charge is 0.342 e. The number of nitrogens with zero attached hydrogens (tertiary/aromatic N) is 2. The van der Waals surface area contributed by atoms with Crippen molar-refractivity contribution in [2.24, 2.45) is 0 Å². The molecule has 26 heavy (non-hydrogen) atoms. The number of carbonyl (C=O) groups is 2. The average Bonchev–Trinajstić information content (AvgIpc) is 2.66. The summed E-state index contributed by atoms with van der Waals surface area (Å²) < 4.78 is 1.72. The quantitative estimate of drug-likeness (QED) is 0.276. The van der Waals surface area contributed by atoms with Crippen LogP contribution in [0.4, 0.5) is 0 Å². The normalized spacial score (nSPS) is 11.7. The third-order valence-corrected chi connectivity index (χ3v) is 5.67. The lowest BCUT2D eigenvalue weighted by Gasteiger charge is -2.36. The second-order valence-corrected chi connectivity index (χ2v) is 6.85. The van der Waals surface area contributed by atoms with Crippen LogP contribution in [0, 0.1) is 0 Å². The molecule has 6 nitrogen and oxygen atoms in total. The van der Waals surface area contributed by atoms with E-state index in [9.17, 15) is 9.59 Å². The molecule has 0 fully saturated rings. The first-order chi connectivity index (χ1) is 12.4. The fourth-order valence-corrected chi connectivity index (χ4v) is 3.30. The Morgan fingerprint density at radius 3 is 1.27 bits per heavy atom. The molecule has 0 spiro atoms. The van der Waals surface area contributed by atoms with Gasteiger partial charge in [-0.05, 0) is 39.8 Å². The predicted octanol–water partition coefficient (Wildman–Crippen LogP) is 1.30. The Morgan fingerprint density at radius 2 is 1.04 bits per heavy atom. The van der Waals surface area contributed by atoms with Crippen molar-refractivity contribution in [2.75, 3.05) is 65.4 Å². The molecule has 0 radical (unpaired) electrons. The predicted molar refractivity (Wildman–Crippen MR) is 109 cm³/mol. The van der Waals surface area contributed by atoms with Crippen LogP contribution < -0.4 is 10.6 Å². The lowest BCUT2D eigenvalue weighted by molar-refractivity contribution is -0.918. The minimum absolute atomic E-state index is 0.488. The van der Waals surface area contributed by atoms with Crippen molar-refractivity contribution in [3.63, 3.8) is 0 Å². The van der Waals surface area contributed by atoms with Crippen molar-refractivity contribution < 1.29 is 18.6 Å². The molecule has 0 rings (SSSR count). The Hall–Kier alpha value is -1.66. The van der Waals surface area contributed by atoms with Gasteiger partial charge in [0.25, 0.3) is 0 Å². The number of hydrogen-bond donors (Lipinski definition) is 2. The van der Waals surface area contributed by atoms with Crippen molar-refractivity contribution in [3.8, 4) is 0 Å². The number of rotatable bonds is 14. The molecule has 0 unspecified atom stereocenters. The molecule has 0 saturated carbocycles. The van der Waals surface area contributed by atoms with Gasteiger partial charge in [-0.2, -0.15) is 0 Å². The number of carbonyl (C=O) groups excluding carboxylic acids is 2. The summed E-state index contributed by atoms with van der Waals surface area (Å²) >= 11 is 0. The van der Waals surface area contributed by atoms with Gasteiger partial charge in [-0.25, -0.2) is 0 Å². The van der Waals surface area contributed by atoms with Gasteiger partial charge in [-0.15, -0.1) is 0 Å². The summed E-state index contributed by atoms with van der Waals surface area (Å²) in [5.41, 5.74) is 0. The molecule has 0 aromatic carbocycles. The number of amides is 2. The third kappa shape index (κ3) is 7.70. The Morgan fingerprint density at radius 1 is 0.731 bits per heavy atom. The van der Waals surface area contributed by atoms with E-state index < -0.39 is 11.8 Å². The molecule has 0 saturated heterocycles. The van der Waals surface area contributed by atoms with E-state index in [0.29, 0.717) is 13.1 Å². The molecule has 150 valence electrons. The average molecular weight is 369 g/mol. The molecule has 0 aliphatic rings. The highest BCUT2D eigenvalue weighted by Crippen LogP contribution is 2.06. The van der Waals surface area contributed by atoms with Crippen molar-refractivity contribution in [3.05, 3.63) is 25.3 Å². The Balaban J connectivity index is 4.38. The van der Waals surface area contributed by atoms with Crippen molar-refractivity contribution >= 4 is 11.8 Å². The minimum atomic E-state index is -0.552. The molecule has 0 aromatic rings.